The maximum atomic E-state index is 13.5. The van der Waals surface area contributed by atoms with Crippen molar-refractivity contribution in [3.63, 3.8) is 0 Å². The van der Waals surface area contributed by atoms with Gasteiger partial charge in [0.05, 0.1) is 0 Å². The Balaban J connectivity index is 2.05. The molecule has 0 atom stereocenters. The van der Waals surface area contributed by atoms with Gasteiger partial charge in [0.1, 0.15) is 24.0 Å². The van der Waals surface area contributed by atoms with Crippen LogP contribution in [0.4, 0.5) is 8.78 Å². The first-order valence-electron chi connectivity index (χ1n) is 6.55. The number of halogens is 2. The molecule has 0 unspecified atom stereocenters. The first kappa shape index (κ1) is 14.5. The van der Waals surface area contributed by atoms with Gasteiger partial charge in [0, 0.05) is 18.2 Å². The van der Waals surface area contributed by atoms with Crippen molar-refractivity contribution in [1.82, 2.24) is 5.32 Å². The van der Waals surface area contributed by atoms with Crippen LogP contribution in [0.2, 0.25) is 0 Å². The minimum absolute atomic E-state index is 0.0801. The summed E-state index contributed by atoms with van der Waals surface area (Å²) in [7, 11) is 0. The van der Waals surface area contributed by atoms with Gasteiger partial charge in [-0.2, -0.15) is 0 Å². The lowest BCUT2D eigenvalue weighted by molar-refractivity contribution is 0.298. The Morgan fingerprint density at radius 3 is 2.65 bits per heavy atom. The average Bonchev–Trinajstić information content (AvgIpc) is 2.44. The second kappa shape index (κ2) is 7.01. The summed E-state index contributed by atoms with van der Waals surface area (Å²) in [6, 6.07) is 10.9. The number of hydrogen-bond acceptors (Lipinski definition) is 2. The van der Waals surface area contributed by atoms with Crippen molar-refractivity contribution < 1.29 is 13.5 Å². The molecule has 0 aliphatic heterocycles. The zero-order chi connectivity index (χ0) is 14.4. The van der Waals surface area contributed by atoms with Crippen LogP contribution >= 0.6 is 0 Å². The van der Waals surface area contributed by atoms with Gasteiger partial charge in [-0.05, 0) is 30.3 Å². The topological polar surface area (TPSA) is 21.3 Å². The molecule has 0 radical (unpaired) electrons. The van der Waals surface area contributed by atoms with Gasteiger partial charge in [0.15, 0.2) is 0 Å². The van der Waals surface area contributed by atoms with Crippen LogP contribution in [0.25, 0.3) is 0 Å². The summed E-state index contributed by atoms with van der Waals surface area (Å²) in [6.45, 7) is 3.44. The Labute approximate surface area is 117 Å². The lowest BCUT2D eigenvalue weighted by atomic mass is 10.2. The molecule has 2 rings (SSSR count). The molecule has 0 spiro atoms. The number of hydrogen-bond donors (Lipinski definition) is 1. The molecular formula is C16H17F2NO. The minimum atomic E-state index is -0.357. The van der Waals surface area contributed by atoms with E-state index in [2.05, 4.69) is 5.32 Å². The van der Waals surface area contributed by atoms with Gasteiger partial charge in [-0.3, -0.25) is 0 Å². The molecular weight excluding hydrogens is 260 g/mol. The third-order valence-electron chi connectivity index (χ3n) is 2.86. The van der Waals surface area contributed by atoms with Gasteiger partial charge in [-0.1, -0.05) is 25.1 Å². The zero-order valence-electron chi connectivity index (χ0n) is 11.3. The Hall–Kier alpha value is -1.94. The highest BCUT2D eigenvalue weighted by Crippen LogP contribution is 2.18. The first-order valence-corrected chi connectivity index (χ1v) is 6.55. The van der Waals surface area contributed by atoms with E-state index < -0.39 is 0 Å². The van der Waals surface area contributed by atoms with Gasteiger partial charge in [-0.25, -0.2) is 8.78 Å². The molecule has 0 aromatic heterocycles. The smallest absolute Gasteiger partial charge is 0.129 e. The molecule has 1 N–H and O–H groups in total. The Morgan fingerprint density at radius 2 is 1.90 bits per heavy atom. The van der Waals surface area contributed by atoms with E-state index in [4.69, 9.17) is 4.74 Å². The maximum Gasteiger partial charge on any atom is 0.129 e. The van der Waals surface area contributed by atoms with E-state index in [1.807, 2.05) is 6.92 Å². The molecule has 4 heteroatoms. The molecule has 2 aromatic carbocycles. The summed E-state index contributed by atoms with van der Waals surface area (Å²) in [4.78, 5) is 0. The van der Waals surface area contributed by atoms with E-state index in [1.54, 1.807) is 24.3 Å². The fourth-order valence-electron chi connectivity index (χ4n) is 1.85. The van der Waals surface area contributed by atoms with Crippen molar-refractivity contribution in [3.05, 3.63) is 65.2 Å². The van der Waals surface area contributed by atoms with Crippen LogP contribution in [-0.4, -0.2) is 6.54 Å². The SMILES string of the molecule is CCNCc1cc(F)cc(OCc2ccccc2F)c1. The van der Waals surface area contributed by atoms with Crippen molar-refractivity contribution in [2.45, 2.75) is 20.1 Å². The van der Waals surface area contributed by atoms with Crippen molar-refractivity contribution in [1.29, 1.82) is 0 Å². The van der Waals surface area contributed by atoms with E-state index >= 15 is 0 Å². The molecule has 0 amide bonds. The van der Waals surface area contributed by atoms with Gasteiger partial charge in [0.25, 0.3) is 0 Å². The van der Waals surface area contributed by atoms with Crippen LogP contribution in [0.5, 0.6) is 5.75 Å². The Bertz CT molecular complexity index is 572. The van der Waals surface area contributed by atoms with Crippen LogP contribution in [0.3, 0.4) is 0 Å². The summed E-state index contributed by atoms with van der Waals surface area (Å²) in [5.41, 5.74) is 1.25. The van der Waals surface area contributed by atoms with Gasteiger partial charge >= 0.3 is 0 Å². The molecule has 0 saturated carbocycles. The second-order valence-electron chi connectivity index (χ2n) is 4.46. The lowest BCUT2D eigenvalue weighted by Gasteiger charge is -2.09. The number of rotatable bonds is 6. The van der Waals surface area contributed by atoms with Crippen molar-refractivity contribution in [3.8, 4) is 5.75 Å². The number of ether oxygens (including phenoxy) is 1. The van der Waals surface area contributed by atoms with Gasteiger partial charge in [-0.15, -0.1) is 0 Å². The molecule has 20 heavy (non-hydrogen) atoms. The summed E-state index contributed by atoms with van der Waals surface area (Å²) >= 11 is 0. The predicted molar refractivity (Wildman–Crippen MR) is 74.5 cm³/mol. The summed E-state index contributed by atoms with van der Waals surface area (Å²) in [6.07, 6.45) is 0. The van der Waals surface area contributed by atoms with Gasteiger partial charge < -0.3 is 10.1 Å². The Morgan fingerprint density at radius 1 is 1.10 bits per heavy atom. The molecule has 0 aliphatic carbocycles. The molecule has 2 aromatic rings. The zero-order valence-corrected chi connectivity index (χ0v) is 11.3. The van der Waals surface area contributed by atoms with E-state index in [0.29, 0.717) is 17.9 Å². The van der Waals surface area contributed by atoms with Crippen LogP contribution in [0.15, 0.2) is 42.5 Å². The highest BCUT2D eigenvalue weighted by molar-refractivity contribution is 5.30. The monoisotopic (exact) mass is 277 g/mol. The molecule has 2 nitrogen and oxygen atoms in total. The quantitative estimate of drug-likeness (QED) is 0.870. The van der Waals surface area contributed by atoms with E-state index in [9.17, 15) is 8.78 Å². The van der Waals surface area contributed by atoms with Crippen molar-refractivity contribution in [2.24, 2.45) is 0 Å². The normalized spacial score (nSPS) is 10.6. The molecule has 0 fully saturated rings. The van der Waals surface area contributed by atoms with Crippen LogP contribution in [0, 0.1) is 11.6 Å². The van der Waals surface area contributed by atoms with E-state index in [-0.39, 0.29) is 18.2 Å². The molecule has 0 aliphatic rings. The molecule has 0 heterocycles. The summed E-state index contributed by atoms with van der Waals surface area (Å²) < 4.78 is 32.4. The van der Waals surface area contributed by atoms with Crippen LogP contribution < -0.4 is 10.1 Å². The third kappa shape index (κ3) is 4.03. The number of nitrogens with one attached hydrogen (secondary N) is 1. The average molecular weight is 277 g/mol. The Kier molecular flexibility index (Phi) is 5.07. The predicted octanol–water partition coefficient (Wildman–Crippen LogP) is 3.65. The third-order valence-corrected chi connectivity index (χ3v) is 2.86. The van der Waals surface area contributed by atoms with Crippen molar-refractivity contribution >= 4 is 0 Å². The molecule has 106 valence electrons. The van der Waals surface area contributed by atoms with E-state index in [0.717, 1.165) is 12.1 Å². The lowest BCUT2D eigenvalue weighted by Crippen LogP contribution is -2.12. The maximum absolute atomic E-state index is 13.5. The van der Waals surface area contributed by atoms with Gasteiger partial charge in [0.2, 0.25) is 0 Å². The standard InChI is InChI=1S/C16H17F2NO/c1-2-19-10-12-7-14(17)9-15(8-12)20-11-13-5-3-4-6-16(13)18/h3-9,19H,2,10-11H2,1H3. The largest absolute Gasteiger partial charge is 0.489 e. The van der Waals surface area contributed by atoms with Crippen molar-refractivity contribution in [2.75, 3.05) is 6.54 Å². The highest BCUT2D eigenvalue weighted by Gasteiger charge is 2.05. The minimum Gasteiger partial charge on any atom is -0.489 e. The first-order chi connectivity index (χ1) is 9.69. The summed E-state index contributed by atoms with van der Waals surface area (Å²) in [5.74, 6) is -0.276. The molecule has 0 saturated heterocycles. The van der Waals surface area contributed by atoms with Crippen LogP contribution in [-0.2, 0) is 13.2 Å². The molecule has 0 bridgehead atoms. The number of benzene rings is 2. The fourth-order valence-corrected chi connectivity index (χ4v) is 1.85. The highest BCUT2D eigenvalue weighted by atomic mass is 19.1. The second-order valence-corrected chi connectivity index (χ2v) is 4.46. The summed E-state index contributed by atoms with van der Waals surface area (Å²) in [5, 5.41) is 3.12. The van der Waals surface area contributed by atoms with E-state index in [1.165, 1.54) is 18.2 Å². The van der Waals surface area contributed by atoms with Crippen LogP contribution in [0.1, 0.15) is 18.1 Å². The fraction of sp³-hybridized carbons (Fsp3) is 0.250.